The van der Waals surface area contributed by atoms with Crippen LogP contribution < -0.4 is 0 Å². The molecule has 0 atom stereocenters. The molecule has 0 radical (unpaired) electrons. The lowest BCUT2D eigenvalue weighted by Gasteiger charge is -2.12. The number of hydrogen-bond acceptors (Lipinski definition) is 0. The largest absolute Gasteiger partial charge is 0.0813 e. The minimum atomic E-state index is 1.18. The summed E-state index contributed by atoms with van der Waals surface area (Å²) in [5, 5.41) is 0. The molecule has 0 amide bonds. The van der Waals surface area contributed by atoms with Crippen LogP contribution in [0.15, 0.2) is 42.0 Å². The first-order valence-corrected chi connectivity index (χ1v) is 5.20. The molecule has 1 aliphatic carbocycles. The molecule has 1 aromatic rings. The van der Waals surface area contributed by atoms with Crippen LogP contribution in [-0.4, -0.2) is 0 Å². The van der Waals surface area contributed by atoms with Gasteiger partial charge in [0.2, 0.25) is 0 Å². The summed E-state index contributed by atoms with van der Waals surface area (Å²) in [5.41, 5.74) is 5.61. The predicted molar refractivity (Wildman–Crippen MR) is 62.1 cm³/mol. The Bertz CT molecular complexity index is 394. The van der Waals surface area contributed by atoms with Gasteiger partial charge in [-0.05, 0) is 37.8 Å². The van der Waals surface area contributed by atoms with Gasteiger partial charge < -0.3 is 0 Å². The maximum Gasteiger partial charge on any atom is -0.0222 e. The van der Waals surface area contributed by atoms with Gasteiger partial charge in [0, 0.05) is 0 Å². The number of rotatable bonds is 1. The van der Waals surface area contributed by atoms with Gasteiger partial charge in [0.25, 0.3) is 0 Å². The average Bonchev–Trinajstić information content (AvgIpc) is 2.18. The second-order valence-corrected chi connectivity index (χ2v) is 4.03. The summed E-state index contributed by atoms with van der Waals surface area (Å²) in [7, 11) is 0. The van der Waals surface area contributed by atoms with E-state index in [2.05, 4.69) is 50.3 Å². The van der Waals surface area contributed by atoms with Crippen molar-refractivity contribution < 1.29 is 0 Å². The first-order valence-electron chi connectivity index (χ1n) is 5.20. The van der Waals surface area contributed by atoms with Crippen molar-refractivity contribution in [2.75, 3.05) is 0 Å². The molecule has 0 aromatic heterocycles. The Labute approximate surface area is 86.0 Å². The second kappa shape index (κ2) is 3.83. The van der Waals surface area contributed by atoms with E-state index < -0.39 is 0 Å². The van der Waals surface area contributed by atoms with E-state index in [-0.39, 0.29) is 0 Å². The molecule has 1 aromatic carbocycles. The molecule has 0 nitrogen and oxygen atoms in total. The molecule has 0 spiro atoms. The highest BCUT2D eigenvalue weighted by Crippen LogP contribution is 2.26. The van der Waals surface area contributed by atoms with Crippen molar-refractivity contribution in [3.05, 3.63) is 53.1 Å². The number of hydrogen-bond donors (Lipinski definition) is 0. The van der Waals surface area contributed by atoms with Crippen LogP contribution in [0.1, 0.15) is 30.9 Å². The van der Waals surface area contributed by atoms with Gasteiger partial charge in [-0.3, -0.25) is 0 Å². The summed E-state index contributed by atoms with van der Waals surface area (Å²) in [5.74, 6) is 0. The van der Waals surface area contributed by atoms with E-state index >= 15 is 0 Å². The fraction of sp³-hybridized carbons (Fsp3) is 0.286. The van der Waals surface area contributed by atoms with E-state index in [0.29, 0.717) is 0 Å². The van der Waals surface area contributed by atoms with Gasteiger partial charge in [-0.1, -0.05) is 47.6 Å². The second-order valence-electron chi connectivity index (χ2n) is 4.03. The topological polar surface area (TPSA) is 0 Å². The van der Waals surface area contributed by atoms with Gasteiger partial charge in [-0.2, -0.15) is 0 Å². The van der Waals surface area contributed by atoms with Crippen LogP contribution in [0.25, 0.3) is 5.57 Å². The zero-order valence-corrected chi connectivity index (χ0v) is 8.88. The van der Waals surface area contributed by atoms with Crippen LogP contribution in [0.2, 0.25) is 0 Å². The molecular formula is C14H16. The quantitative estimate of drug-likeness (QED) is 0.616. The maximum atomic E-state index is 2.30. The Morgan fingerprint density at radius 1 is 1.14 bits per heavy atom. The van der Waals surface area contributed by atoms with Gasteiger partial charge >= 0.3 is 0 Å². The van der Waals surface area contributed by atoms with Crippen molar-refractivity contribution in [2.45, 2.75) is 26.7 Å². The molecule has 0 saturated heterocycles. The number of benzene rings is 1. The molecule has 0 saturated carbocycles. The smallest absolute Gasteiger partial charge is 0.0222 e. The molecular weight excluding hydrogens is 168 g/mol. The zero-order chi connectivity index (χ0) is 9.97. The minimum Gasteiger partial charge on any atom is -0.0813 e. The van der Waals surface area contributed by atoms with Gasteiger partial charge in [0.05, 0.1) is 0 Å². The molecule has 1 aliphatic rings. The maximum absolute atomic E-state index is 2.30. The third kappa shape index (κ3) is 1.95. The lowest BCUT2D eigenvalue weighted by atomic mass is 9.93. The van der Waals surface area contributed by atoms with E-state index in [1.165, 1.54) is 35.1 Å². The lowest BCUT2D eigenvalue weighted by Crippen LogP contribution is -1.91. The molecule has 0 unspecified atom stereocenters. The molecule has 0 fully saturated rings. The first kappa shape index (κ1) is 9.26. The van der Waals surface area contributed by atoms with Gasteiger partial charge in [-0.25, -0.2) is 0 Å². The Kier molecular flexibility index (Phi) is 2.53. The molecule has 0 N–H and O–H groups in total. The van der Waals surface area contributed by atoms with Crippen LogP contribution in [0.5, 0.6) is 0 Å². The van der Waals surface area contributed by atoms with Crippen LogP contribution in [0, 0.1) is 6.92 Å². The summed E-state index contributed by atoms with van der Waals surface area (Å²) < 4.78 is 0. The Balaban J connectivity index is 2.36. The first-order chi connectivity index (χ1) is 6.75. The van der Waals surface area contributed by atoms with Gasteiger partial charge in [-0.15, -0.1) is 0 Å². The standard InChI is InChI=1S/C14H16/c1-11-5-3-7-13(9-11)14-8-4-6-12(2)10-14/h3,5-7,9-10H,4,8H2,1-2H3. The molecule has 2 rings (SSSR count). The molecule has 0 bridgehead atoms. The van der Waals surface area contributed by atoms with E-state index in [0.717, 1.165) is 0 Å². The van der Waals surface area contributed by atoms with Crippen LogP contribution in [0.3, 0.4) is 0 Å². The van der Waals surface area contributed by atoms with Crippen LogP contribution in [0.4, 0.5) is 0 Å². The van der Waals surface area contributed by atoms with Crippen LogP contribution in [-0.2, 0) is 0 Å². The Morgan fingerprint density at radius 2 is 2.00 bits per heavy atom. The number of aryl methyl sites for hydroxylation is 1. The summed E-state index contributed by atoms with van der Waals surface area (Å²) in [4.78, 5) is 0. The molecule has 0 heteroatoms. The monoisotopic (exact) mass is 184 g/mol. The minimum absolute atomic E-state index is 1.18. The van der Waals surface area contributed by atoms with Crippen molar-refractivity contribution in [1.82, 2.24) is 0 Å². The van der Waals surface area contributed by atoms with Crippen molar-refractivity contribution >= 4 is 5.57 Å². The van der Waals surface area contributed by atoms with Crippen LogP contribution >= 0.6 is 0 Å². The molecule has 14 heavy (non-hydrogen) atoms. The summed E-state index contributed by atoms with van der Waals surface area (Å²) >= 11 is 0. The highest BCUT2D eigenvalue weighted by atomic mass is 14.1. The lowest BCUT2D eigenvalue weighted by molar-refractivity contribution is 1.03. The highest BCUT2D eigenvalue weighted by Gasteiger charge is 2.04. The highest BCUT2D eigenvalue weighted by molar-refractivity contribution is 5.69. The predicted octanol–water partition coefficient (Wildman–Crippen LogP) is 4.12. The third-order valence-electron chi connectivity index (χ3n) is 2.67. The molecule has 0 heterocycles. The average molecular weight is 184 g/mol. The van der Waals surface area contributed by atoms with Crippen molar-refractivity contribution in [3.63, 3.8) is 0 Å². The van der Waals surface area contributed by atoms with E-state index in [9.17, 15) is 0 Å². The number of allylic oxidation sites excluding steroid dienone is 4. The van der Waals surface area contributed by atoms with Gasteiger partial charge in [0.1, 0.15) is 0 Å². The fourth-order valence-electron chi connectivity index (χ4n) is 1.93. The summed E-state index contributed by atoms with van der Waals surface area (Å²) in [6.45, 7) is 4.32. The Morgan fingerprint density at radius 3 is 2.71 bits per heavy atom. The van der Waals surface area contributed by atoms with Gasteiger partial charge in [0.15, 0.2) is 0 Å². The molecule has 0 aliphatic heterocycles. The van der Waals surface area contributed by atoms with Crippen molar-refractivity contribution in [1.29, 1.82) is 0 Å². The molecule has 72 valence electrons. The van der Waals surface area contributed by atoms with Crippen molar-refractivity contribution in [3.8, 4) is 0 Å². The zero-order valence-electron chi connectivity index (χ0n) is 8.88. The van der Waals surface area contributed by atoms with E-state index in [1.807, 2.05) is 0 Å². The summed E-state index contributed by atoms with van der Waals surface area (Å²) in [6.07, 6.45) is 6.98. The fourth-order valence-corrected chi connectivity index (χ4v) is 1.93. The normalized spacial score (nSPS) is 16.1. The van der Waals surface area contributed by atoms with Crippen molar-refractivity contribution in [2.24, 2.45) is 0 Å². The van der Waals surface area contributed by atoms with E-state index in [1.54, 1.807) is 0 Å². The SMILES string of the molecule is CC1=CCCC(c2cccc(C)c2)=C1. The summed E-state index contributed by atoms with van der Waals surface area (Å²) in [6, 6.07) is 8.76. The third-order valence-corrected chi connectivity index (χ3v) is 2.67. The Hall–Kier alpha value is -1.30. The van der Waals surface area contributed by atoms with E-state index in [4.69, 9.17) is 0 Å².